The van der Waals surface area contributed by atoms with E-state index in [2.05, 4.69) is 4.72 Å². The summed E-state index contributed by atoms with van der Waals surface area (Å²) in [4.78, 5) is 0.190. The lowest BCUT2D eigenvalue weighted by atomic mass is 10.0. The van der Waals surface area contributed by atoms with Crippen molar-refractivity contribution in [2.45, 2.75) is 31.2 Å². The van der Waals surface area contributed by atoms with E-state index < -0.39 is 15.8 Å². The predicted octanol–water partition coefficient (Wildman–Crippen LogP) is 4.08. The number of hydrogen-bond acceptors (Lipinski definition) is 2. The highest BCUT2D eigenvalue weighted by Crippen LogP contribution is 2.19. The lowest BCUT2D eigenvalue weighted by molar-refractivity contribution is 0.581. The van der Waals surface area contributed by atoms with E-state index in [0.29, 0.717) is 11.5 Å². The SMILES string of the molecule is CC(C)c1ccc(S(=O)(=O)NCc2ccc(F)cc2Cl)cc1. The Hall–Kier alpha value is -1.43. The summed E-state index contributed by atoms with van der Waals surface area (Å²) in [6.07, 6.45) is 0. The van der Waals surface area contributed by atoms with E-state index in [1.807, 2.05) is 13.8 Å². The van der Waals surface area contributed by atoms with Crippen molar-refractivity contribution in [2.24, 2.45) is 0 Å². The maximum Gasteiger partial charge on any atom is 0.240 e. The van der Waals surface area contributed by atoms with Crippen LogP contribution in [-0.2, 0) is 16.6 Å². The number of rotatable bonds is 5. The fourth-order valence-electron chi connectivity index (χ4n) is 1.95. The predicted molar refractivity (Wildman–Crippen MR) is 86.0 cm³/mol. The number of nitrogens with one attached hydrogen (secondary N) is 1. The number of benzene rings is 2. The van der Waals surface area contributed by atoms with E-state index in [1.165, 1.54) is 12.1 Å². The van der Waals surface area contributed by atoms with Gasteiger partial charge in [0.05, 0.1) is 4.90 Å². The molecule has 0 saturated carbocycles. The minimum absolute atomic E-state index is 0.00732. The molecular weight excluding hydrogens is 325 g/mol. The van der Waals surface area contributed by atoms with Crippen molar-refractivity contribution < 1.29 is 12.8 Å². The molecule has 0 heterocycles. The Labute approximate surface area is 135 Å². The normalized spacial score (nSPS) is 11.9. The molecule has 0 unspecified atom stereocenters. The summed E-state index contributed by atoms with van der Waals surface area (Å²) >= 11 is 5.89. The molecule has 0 bridgehead atoms. The van der Waals surface area contributed by atoms with Crippen molar-refractivity contribution in [1.29, 1.82) is 0 Å². The summed E-state index contributed by atoms with van der Waals surface area (Å²) in [5, 5.41) is 0.192. The van der Waals surface area contributed by atoms with E-state index >= 15 is 0 Å². The molecule has 0 fully saturated rings. The second kappa shape index (κ2) is 6.77. The fraction of sp³-hybridized carbons (Fsp3) is 0.250. The summed E-state index contributed by atoms with van der Waals surface area (Å²) in [6.45, 7) is 4.09. The van der Waals surface area contributed by atoms with Gasteiger partial charge in [-0.2, -0.15) is 0 Å². The van der Waals surface area contributed by atoms with Crippen molar-refractivity contribution in [3.05, 3.63) is 64.4 Å². The number of sulfonamides is 1. The highest BCUT2D eigenvalue weighted by atomic mass is 35.5. The zero-order chi connectivity index (χ0) is 16.3. The van der Waals surface area contributed by atoms with E-state index in [-0.39, 0.29) is 16.5 Å². The Morgan fingerprint density at radius 2 is 1.77 bits per heavy atom. The molecule has 6 heteroatoms. The fourth-order valence-corrected chi connectivity index (χ4v) is 3.19. The van der Waals surface area contributed by atoms with Crippen LogP contribution in [0.5, 0.6) is 0 Å². The Bertz CT molecular complexity index is 758. The van der Waals surface area contributed by atoms with E-state index in [0.717, 1.165) is 11.6 Å². The van der Waals surface area contributed by atoms with Crippen LogP contribution in [0.3, 0.4) is 0 Å². The first-order valence-corrected chi connectivity index (χ1v) is 8.69. The van der Waals surface area contributed by atoms with E-state index in [9.17, 15) is 12.8 Å². The van der Waals surface area contributed by atoms with Crippen LogP contribution in [0.25, 0.3) is 0 Å². The molecule has 0 aliphatic heterocycles. The third kappa shape index (κ3) is 4.06. The van der Waals surface area contributed by atoms with Crippen LogP contribution < -0.4 is 4.72 Å². The summed E-state index contributed by atoms with van der Waals surface area (Å²) in [6, 6.07) is 10.6. The Morgan fingerprint density at radius 3 is 2.32 bits per heavy atom. The average molecular weight is 342 g/mol. The van der Waals surface area contributed by atoms with Gasteiger partial charge in [0.2, 0.25) is 10.0 Å². The van der Waals surface area contributed by atoms with Crippen LogP contribution >= 0.6 is 11.6 Å². The quantitative estimate of drug-likeness (QED) is 0.890. The van der Waals surface area contributed by atoms with Gasteiger partial charge < -0.3 is 0 Å². The summed E-state index contributed by atoms with van der Waals surface area (Å²) in [5.74, 6) is -0.122. The van der Waals surface area contributed by atoms with Gasteiger partial charge in [-0.25, -0.2) is 17.5 Å². The van der Waals surface area contributed by atoms with Crippen LogP contribution in [0.2, 0.25) is 5.02 Å². The van der Waals surface area contributed by atoms with Gasteiger partial charge in [-0.3, -0.25) is 0 Å². The first-order valence-electron chi connectivity index (χ1n) is 6.83. The minimum atomic E-state index is -3.63. The topological polar surface area (TPSA) is 46.2 Å². The third-order valence-corrected chi connectivity index (χ3v) is 5.09. The van der Waals surface area contributed by atoms with Gasteiger partial charge in [0, 0.05) is 11.6 Å². The molecule has 2 aromatic rings. The van der Waals surface area contributed by atoms with Gasteiger partial charge in [-0.15, -0.1) is 0 Å². The first-order chi connectivity index (χ1) is 10.3. The standard InChI is InChI=1S/C16H17ClFNO2S/c1-11(2)12-4-7-15(8-5-12)22(20,21)19-10-13-3-6-14(18)9-16(13)17/h3-9,11,19H,10H2,1-2H3. The van der Waals surface area contributed by atoms with Gasteiger partial charge in [0.15, 0.2) is 0 Å². The Morgan fingerprint density at radius 1 is 1.14 bits per heavy atom. The van der Waals surface area contributed by atoms with Crippen molar-refractivity contribution >= 4 is 21.6 Å². The number of halogens is 2. The van der Waals surface area contributed by atoms with Crippen LogP contribution in [0.15, 0.2) is 47.4 Å². The first kappa shape index (κ1) is 16.9. The van der Waals surface area contributed by atoms with Crippen LogP contribution in [0, 0.1) is 5.82 Å². The van der Waals surface area contributed by atoms with Crippen molar-refractivity contribution in [2.75, 3.05) is 0 Å². The third-order valence-electron chi connectivity index (χ3n) is 3.32. The molecular formula is C16H17ClFNO2S. The van der Waals surface area contributed by atoms with E-state index in [4.69, 9.17) is 11.6 Å². The zero-order valence-electron chi connectivity index (χ0n) is 12.3. The molecule has 0 radical (unpaired) electrons. The molecule has 0 amide bonds. The summed E-state index contributed by atoms with van der Waals surface area (Å²) in [7, 11) is -3.63. The monoisotopic (exact) mass is 341 g/mol. The average Bonchev–Trinajstić information content (AvgIpc) is 2.46. The lowest BCUT2D eigenvalue weighted by Crippen LogP contribution is -2.23. The van der Waals surface area contributed by atoms with Gasteiger partial charge in [-0.05, 0) is 41.3 Å². The van der Waals surface area contributed by atoms with Crippen molar-refractivity contribution in [1.82, 2.24) is 4.72 Å². The minimum Gasteiger partial charge on any atom is -0.207 e. The van der Waals surface area contributed by atoms with Gasteiger partial charge in [0.1, 0.15) is 5.82 Å². The lowest BCUT2D eigenvalue weighted by Gasteiger charge is -2.10. The molecule has 118 valence electrons. The Balaban J connectivity index is 2.13. The molecule has 2 rings (SSSR count). The zero-order valence-corrected chi connectivity index (χ0v) is 13.9. The summed E-state index contributed by atoms with van der Waals surface area (Å²) in [5.41, 5.74) is 1.59. The van der Waals surface area contributed by atoms with Gasteiger partial charge in [0.25, 0.3) is 0 Å². The molecule has 0 spiro atoms. The molecule has 22 heavy (non-hydrogen) atoms. The molecule has 2 aromatic carbocycles. The van der Waals surface area contributed by atoms with Crippen molar-refractivity contribution in [3.63, 3.8) is 0 Å². The van der Waals surface area contributed by atoms with E-state index in [1.54, 1.807) is 24.3 Å². The molecule has 0 aliphatic carbocycles. The molecule has 1 N–H and O–H groups in total. The van der Waals surface area contributed by atoms with Gasteiger partial charge in [-0.1, -0.05) is 43.6 Å². The second-order valence-corrected chi connectivity index (χ2v) is 7.46. The highest BCUT2D eigenvalue weighted by Gasteiger charge is 2.15. The largest absolute Gasteiger partial charge is 0.240 e. The maximum atomic E-state index is 13.0. The Kier molecular flexibility index (Phi) is 5.21. The van der Waals surface area contributed by atoms with Crippen LogP contribution in [0.1, 0.15) is 30.9 Å². The second-order valence-electron chi connectivity index (χ2n) is 5.28. The molecule has 0 aliphatic rings. The van der Waals surface area contributed by atoms with Crippen LogP contribution in [-0.4, -0.2) is 8.42 Å². The molecule has 3 nitrogen and oxygen atoms in total. The number of hydrogen-bond donors (Lipinski definition) is 1. The molecule has 0 aromatic heterocycles. The highest BCUT2D eigenvalue weighted by molar-refractivity contribution is 7.89. The van der Waals surface area contributed by atoms with Crippen molar-refractivity contribution in [3.8, 4) is 0 Å². The van der Waals surface area contributed by atoms with Gasteiger partial charge >= 0.3 is 0 Å². The molecule has 0 atom stereocenters. The maximum absolute atomic E-state index is 13.0. The molecule has 0 saturated heterocycles. The smallest absolute Gasteiger partial charge is 0.207 e. The summed E-state index contributed by atoms with van der Waals surface area (Å²) < 4.78 is 39.9. The van der Waals surface area contributed by atoms with Crippen LogP contribution in [0.4, 0.5) is 4.39 Å².